The second-order valence-electron chi connectivity index (χ2n) is 6.70. The Labute approximate surface area is 147 Å². The fourth-order valence-corrected chi connectivity index (χ4v) is 3.72. The van der Waals surface area contributed by atoms with E-state index in [1.165, 1.54) is 0 Å². The van der Waals surface area contributed by atoms with E-state index in [-0.39, 0.29) is 11.9 Å². The molecule has 1 unspecified atom stereocenters. The molecule has 0 radical (unpaired) electrons. The lowest BCUT2D eigenvalue weighted by Gasteiger charge is -2.36. The van der Waals surface area contributed by atoms with Crippen molar-refractivity contribution in [2.45, 2.75) is 38.8 Å². The van der Waals surface area contributed by atoms with E-state index in [1.54, 1.807) is 6.20 Å². The molecule has 1 aliphatic heterocycles. The van der Waals surface area contributed by atoms with Crippen molar-refractivity contribution in [3.8, 4) is 0 Å². The third-order valence-electron chi connectivity index (χ3n) is 4.92. The van der Waals surface area contributed by atoms with Crippen molar-refractivity contribution in [1.82, 2.24) is 19.7 Å². The van der Waals surface area contributed by atoms with E-state index in [9.17, 15) is 4.79 Å². The number of benzene rings is 1. The van der Waals surface area contributed by atoms with Gasteiger partial charge in [0.05, 0.1) is 23.7 Å². The summed E-state index contributed by atoms with van der Waals surface area (Å²) >= 11 is 0. The number of hydrogen-bond acceptors (Lipinski definition) is 3. The fourth-order valence-electron chi connectivity index (χ4n) is 3.72. The molecule has 1 aromatic carbocycles. The van der Waals surface area contributed by atoms with Crippen molar-refractivity contribution in [1.29, 1.82) is 0 Å². The maximum atomic E-state index is 13.4. The highest BCUT2D eigenvalue weighted by atomic mass is 16.2. The van der Waals surface area contributed by atoms with Crippen LogP contribution in [0.5, 0.6) is 0 Å². The fraction of sp³-hybridized carbons (Fsp3) is 0.350. The molecular weight excluding hydrogens is 312 g/mol. The standard InChI is InChI=1S/C20H22N4O/c1-15-13-18(17-8-2-3-9-19(17)22-15)20(25)24-12-5-4-7-16(24)14-23-11-6-10-21-23/h2-3,6,8-11,13,16H,4-5,7,12,14H2,1H3. The number of aromatic nitrogens is 3. The minimum absolute atomic E-state index is 0.110. The lowest BCUT2D eigenvalue weighted by atomic mass is 9.99. The Morgan fingerprint density at radius 2 is 2.12 bits per heavy atom. The van der Waals surface area contributed by atoms with E-state index >= 15 is 0 Å². The molecule has 0 spiro atoms. The first-order chi connectivity index (χ1) is 12.2. The molecule has 128 valence electrons. The van der Waals surface area contributed by atoms with Crippen LogP contribution in [0.1, 0.15) is 35.3 Å². The zero-order valence-corrected chi connectivity index (χ0v) is 14.4. The van der Waals surface area contributed by atoms with Gasteiger partial charge in [-0.25, -0.2) is 0 Å². The van der Waals surface area contributed by atoms with Crippen LogP contribution in [0.3, 0.4) is 0 Å². The summed E-state index contributed by atoms with van der Waals surface area (Å²) in [6.07, 6.45) is 6.99. The summed E-state index contributed by atoms with van der Waals surface area (Å²) < 4.78 is 1.92. The number of para-hydroxylation sites is 1. The number of carbonyl (C=O) groups is 1. The Kier molecular flexibility index (Phi) is 4.22. The second kappa shape index (κ2) is 6.67. The Morgan fingerprint density at radius 3 is 2.96 bits per heavy atom. The van der Waals surface area contributed by atoms with Crippen molar-refractivity contribution in [2.24, 2.45) is 0 Å². The van der Waals surface area contributed by atoms with Crippen LogP contribution in [0.2, 0.25) is 0 Å². The number of rotatable bonds is 3. The Bertz CT molecular complexity index is 888. The lowest BCUT2D eigenvalue weighted by molar-refractivity contribution is 0.0586. The van der Waals surface area contributed by atoms with Crippen LogP contribution in [0.15, 0.2) is 48.8 Å². The summed E-state index contributed by atoms with van der Waals surface area (Å²) in [7, 11) is 0. The van der Waals surface area contributed by atoms with Crippen molar-refractivity contribution in [2.75, 3.05) is 6.54 Å². The summed E-state index contributed by atoms with van der Waals surface area (Å²) in [5, 5.41) is 5.24. The third-order valence-corrected chi connectivity index (χ3v) is 4.92. The van der Waals surface area contributed by atoms with Gasteiger partial charge < -0.3 is 4.90 Å². The molecule has 5 nitrogen and oxygen atoms in total. The van der Waals surface area contributed by atoms with Crippen LogP contribution in [0.4, 0.5) is 0 Å². The number of aryl methyl sites for hydroxylation is 1. The highest BCUT2D eigenvalue weighted by Gasteiger charge is 2.29. The zero-order chi connectivity index (χ0) is 17.2. The van der Waals surface area contributed by atoms with Crippen molar-refractivity contribution < 1.29 is 4.79 Å². The van der Waals surface area contributed by atoms with Crippen LogP contribution >= 0.6 is 0 Å². The maximum absolute atomic E-state index is 13.4. The Hall–Kier alpha value is -2.69. The average molecular weight is 334 g/mol. The first-order valence-electron chi connectivity index (χ1n) is 8.87. The summed E-state index contributed by atoms with van der Waals surface area (Å²) in [6, 6.07) is 11.9. The van der Waals surface area contributed by atoms with Gasteiger partial charge in [-0.1, -0.05) is 18.2 Å². The summed E-state index contributed by atoms with van der Waals surface area (Å²) in [5.74, 6) is 0.110. The maximum Gasteiger partial charge on any atom is 0.254 e. The lowest BCUT2D eigenvalue weighted by Crippen LogP contribution is -2.46. The number of pyridine rings is 1. The van der Waals surface area contributed by atoms with E-state index in [1.807, 2.05) is 59.1 Å². The van der Waals surface area contributed by atoms with E-state index in [2.05, 4.69) is 10.1 Å². The molecule has 4 rings (SSSR count). The second-order valence-corrected chi connectivity index (χ2v) is 6.70. The number of carbonyl (C=O) groups excluding carboxylic acids is 1. The molecule has 1 amide bonds. The van der Waals surface area contributed by atoms with Gasteiger partial charge in [0, 0.05) is 30.0 Å². The van der Waals surface area contributed by atoms with E-state index in [0.29, 0.717) is 0 Å². The van der Waals surface area contributed by atoms with Gasteiger partial charge in [-0.3, -0.25) is 14.5 Å². The Morgan fingerprint density at radius 1 is 1.24 bits per heavy atom. The number of likely N-dealkylation sites (tertiary alicyclic amines) is 1. The van der Waals surface area contributed by atoms with Gasteiger partial charge >= 0.3 is 0 Å². The molecule has 1 fully saturated rings. The number of piperidine rings is 1. The van der Waals surface area contributed by atoms with Crippen molar-refractivity contribution >= 4 is 16.8 Å². The monoisotopic (exact) mass is 334 g/mol. The number of nitrogens with zero attached hydrogens (tertiary/aromatic N) is 4. The van der Waals surface area contributed by atoms with Gasteiger partial charge in [0.25, 0.3) is 5.91 Å². The molecule has 2 aromatic heterocycles. The molecule has 0 saturated carbocycles. The van der Waals surface area contributed by atoms with E-state index in [4.69, 9.17) is 0 Å². The quantitative estimate of drug-likeness (QED) is 0.737. The predicted molar refractivity (Wildman–Crippen MR) is 97.4 cm³/mol. The molecule has 1 aliphatic rings. The van der Waals surface area contributed by atoms with Gasteiger partial charge in [0.2, 0.25) is 0 Å². The molecule has 5 heteroatoms. The van der Waals surface area contributed by atoms with Gasteiger partial charge in [-0.15, -0.1) is 0 Å². The zero-order valence-electron chi connectivity index (χ0n) is 14.4. The SMILES string of the molecule is Cc1cc(C(=O)N2CCCCC2Cn2cccn2)c2ccccc2n1. The molecule has 1 saturated heterocycles. The minimum atomic E-state index is 0.110. The first kappa shape index (κ1) is 15.8. The molecule has 0 N–H and O–H groups in total. The molecule has 1 atom stereocenters. The van der Waals surface area contributed by atoms with Crippen LogP contribution in [-0.4, -0.2) is 38.2 Å². The molecular formula is C20H22N4O. The minimum Gasteiger partial charge on any atom is -0.334 e. The topological polar surface area (TPSA) is 51.0 Å². The number of hydrogen-bond donors (Lipinski definition) is 0. The van der Waals surface area contributed by atoms with Crippen molar-refractivity contribution in [3.05, 3.63) is 60.0 Å². The van der Waals surface area contributed by atoms with Gasteiger partial charge in [0.15, 0.2) is 0 Å². The molecule has 25 heavy (non-hydrogen) atoms. The van der Waals surface area contributed by atoms with Crippen LogP contribution < -0.4 is 0 Å². The van der Waals surface area contributed by atoms with Crippen LogP contribution in [-0.2, 0) is 6.54 Å². The molecule has 3 aromatic rings. The van der Waals surface area contributed by atoms with Gasteiger partial charge in [-0.05, 0) is 44.4 Å². The highest BCUT2D eigenvalue weighted by molar-refractivity contribution is 6.06. The first-order valence-corrected chi connectivity index (χ1v) is 8.87. The summed E-state index contributed by atoms with van der Waals surface area (Å²) in [5.41, 5.74) is 2.52. The Balaban J connectivity index is 1.69. The number of fused-ring (bicyclic) bond motifs is 1. The predicted octanol–water partition coefficient (Wildman–Crippen LogP) is 3.43. The number of amides is 1. The van der Waals surface area contributed by atoms with E-state index in [0.717, 1.165) is 54.5 Å². The smallest absolute Gasteiger partial charge is 0.254 e. The molecule has 0 aliphatic carbocycles. The van der Waals surface area contributed by atoms with Crippen LogP contribution in [0, 0.1) is 6.92 Å². The normalized spacial score (nSPS) is 17.8. The molecule has 3 heterocycles. The van der Waals surface area contributed by atoms with Gasteiger partial charge in [-0.2, -0.15) is 5.10 Å². The van der Waals surface area contributed by atoms with Crippen LogP contribution in [0.25, 0.3) is 10.9 Å². The van der Waals surface area contributed by atoms with Gasteiger partial charge in [0.1, 0.15) is 0 Å². The highest BCUT2D eigenvalue weighted by Crippen LogP contribution is 2.25. The molecule has 0 bridgehead atoms. The average Bonchev–Trinajstić information content (AvgIpc) is 3.14. The summed E-state index contributed by atoms with van der Waals surface area (Å²) in [4.78, 5) is 20.0. The summed E-state index contributed by atoms with van der Waals surface area (Å²) in [6.45, 7) is 3.50. The third kappa shape index (κ3) is 3.14. The largest absolute Gasteiger partial charge is 0.334 e. The van der Waals surface area contributed by atoms with Crippen molar-refractivity contribution in [3.63, 3.8) is 0 Å². The van der Waals surface area contributed by atoms with E-state index < -0.39 is 0 Å².